The second-order valence-corrected chi connectivity index (χ2v) is 10.2. The number of hydrogen-bond donors (Lipinski definition) is 0. The topological polar surface area (TPSA) is 47.4 Å². The average molecular weight is 505 g/mol. The summed E-state index contributed by atoms with van der Waals surface area (Å²) in [5.74, 6) is -3.10. The van der Waals surface area contributed by atoms with Crippen molar-refractivity contribution in [1.82, 2.24) is 9.78 Å². The summed E-state index contributed by atoms with van der Waals surface area (Å²) < 4.78 is 75.8. The number of anilines is 1. The first-order valence-electron chi connectivity index (χ1n) is 11.5. The van der Waals surface area contributed by atoms with Crippen LogP contribution in [0.1, 0.15) is 61.1 Å². The van der Waals surface area contributed by atoms with Gasteiger partial charge < -0.3 is 4.74 Å². The third kappa shape index (κ3) is 3.83. The molecule has 1 fully saturated rings. The second-order valence-electron chi connectivity index (χ2n) is 10.2. The fourth-order valence-electron chi connectivity index (χ4n) is 4.86. The molecule has 0 spiro atoms. The number of rotatable bonds is 3. The maximum atomic E-state index is 14.6. The van der Waals surface area contributed by atoms with E-state index < -0.39 is 40.9 Å². The first kappa shape index (κ1) is 24.3. The number of nitrogens with zero attached hydrogens (tertiary/aromatic N) is 3. The van der Waals surface area contributed by atoms with Gasteiger partial charge in [0.15, 0.2) is 11.6 Å². The molecule has 1 aliphatic carbocycles. The zero-order chi connectivity index (χ0) is 26.2. The Labute approximate surface area is 204 Å². The lowest BCUT2D eigenvalue weighted by molar-refractivity contribution is -0.137. The number of hydrogen-bond acceptors (Lipinski definition) is 3. The van der Waals surface area contributed by atoms with Crippen LogP contribution in [0.4, 0.5) is 27.6 Å². The Morgan fingerprint density at radius 2 is 1.72 bits per heavy atom. The molecule has 3 aromatic rings. The number of halogens is 5. The highest BCUT2D eigenvalue weighted by atomic mass is 19.4. The van der Waals surface area contributed by atoms with Gasteiger partial charge in [0.25, 0.3) is 5.91 Å². The van der Waals surface area contributed by atoms with Gasteiger partial charge in [0.05, 0.1) is 47.4 Å². The molecule has 2 aromatic carbocycles. The van der Waals surface area contributed by atoms with Crippen LogP contribution in [0.3, 0.4) is 0 Å². The molecule has 5 nitrogen and oxygen atoms in total. The molecule has 0 bridgehead atoms. The zero-order valence-electron chi connectivity index (χ0n) is 20.1. The third-order valence-corrected chi connectivity index (χ3v) is 6.63. The first-order valence-corrected chi connectivity index (χ1v) is 11.5. The van der Waals surface area contributed by atoms with Gasteiger partial charge in [-0.3, -0.25) is 14.4 Å². The van der Waals surface area contributed by atoms with Gasteiger partial charge >= 0.3 is 6.18 Å². The van der Waals surface area contributed by atoms with Crippen LogP contribution < -0.4 is 9.64 Å². The number of fused-ring (bicyclic) bond motifs is 3. The van der Waals surface area contributed by atoms with Crippen molar-refractivity contribution in [2.45, 2.75) is 51.4 Å². The van der Waals surface area contributed by atoms with Crippen molar-refractivity contribution in [3.8, 4) is 17.0 Å². The summed E-state index contributed by atoms with van der Waals surface area (Å²) in [6, 6.07) is 4.09. The Bertz CT molecular complexity index is 1370. The highest BCUT2D eigenvalue weighted by Gasteiger charge is 2.47. The van der Waals surface area contributed by atoms with Crippen LogP contribution in [0.25, 0.3) is 11.3 Å². The van der Waals surface area contributed by atoms with Crippen molar-refractivity contribution in [3.05, 3.63) is 64.9 Å². The van der Waals surface area contributed by atoms with Crippen molar-refractivity contribution >= 4 is 11.6 Å². The van der Waals surface area contributed by atoms with Gasteiger partial charge in [0.1, 0.15) is 5.75 Å². The lowest BCUT2D eigenvalue weighted by Crippen LogP contribution is -2.39. The van der Waals surface area contributed by atoms with Crippen LogP contribution in [0.2, 0.25) is 0 Å². The van der Waals surface area contributed by atoms with E-state index in [1.165, 1.54) is 12.0 Å². The van der Waals surface area contributed by atoms with E-state index in [1.54, 1.807) is 10.9 Å². The SMILES string of the molecule is COc1cc(C(F)(F)F)ccc1C(=O)N1c2cc(F)c(F)cc2-c2c(cnn2C(C)(C)C)C1C1CC1. The number of benzene rings is 2. The van der Waals surface area contributed by atoms with E-state index in [0.717, 1.165) is 43.2 Å². The molecular formula is C26H24F5N3O2. The highest BCUT2D eigenvalue weighted by molar-refractivity contribution is 6.11. The first-order chi connectivity index (χ1) is 16.8. The van der Waals surface area contributed by atoms with E-state index in [2.05, 4.69) is 5.10 Å². The Morgan fingerprint density at radius 1 is 1.06 bits per heavy atom. The summed E-state index contributed by atoms with van der Waals surface area (Å²) in [4.78, 5) is 15.3. The molecule has 5 rings (SSSR count). The summed E-state index contributed by atoms with van der Waals surface area (Å²) in [6.45, 7) is 5.78. The van der Waals surface area contributed by atoms with Gasteiger partial charge in [-0.1, -0.05) is 0 Å². The van der Waals surface area contributed by atoms with Crippen LogP contribution in [0, 0.1) is 17.6 Å². The minimum Gasteiger partial charge on any atom is -0.496 e. The lowest BCUT2D eigenvalue weighted by atomic mass is 9.89. The normalized spacial score (nSPS) is 17.6. The van der Waals surface area contributed by atoms with Crippen molar-refractivity contribution in [2.24, 2.45) is 5.92 Å². The largest absolute Gasteiger partial charge is 0.496 e. The van der Waals surface area contributed by atoms with Gasteiger partial charge in [-0.25, -0.2) is 8.78 Å². The van der Waals surface area contributed by atoms with Crippen LogP contribution in [-0.2, 0) is 11.7 Å². The Hall–Kier alpha value is -3.43. The summed E-state index contributed by atoms with van der Waals surface area (Å²) in [5.41, 5.74) is 0.131. The number of carbonyl (C=O) groups excluding carboxylic acids is 1. The lowest BCUT2D eigenvalue weighted by Gasteiger charge is -2.39. The molecule has 1 aliphatic heterocycles. The quantitative estimate of drug-likeness (QED) is 0.371. The summed E-state index contributed by atoms with van der Waals surface area (Å²) >= 11 is 0. The maximum Gasteiger partial charge on any atom is 0.416 e. The molecule has 190 valence electrons. The van der Waals surface area contributed by atoms with Crippen molar-refractivity contribution in [1.29, 1.82) is 0 Å². The van der Waals surface area contributed by atoms with E-state index in [9.17, 15) is 26.7 Å². The average Bonchev–Trinajstić information content (AvgIpc) is 3.53. The van der Waals surface area contributed by atoms with E-state index in [4.69, 9.17) is 4.74 Å². The molecule has 1 saturated carbocycles. The van der Waals surface area contributed by atoms with Crippen LogP contribution in [0.5, 0.6) is 5.75 Å². The standard InChI is InChI=1S/C26H24F5N3O2/c1-25(2,3)34-23-16-10-18(27)19(28)11-20(16)33(22(13-5-6-13)17(23)12-32-34)24(35)15-8-7-14(26(29,30)31)9-21(15)36-4/h7-13,22H,5-6H2,1-4H3. The van der Waals surface area contributed by atoms with Gasteiger partial charge in [-0.2, -0.15) is 18.3 Å². The predicted octanol–water partition coefficient (Wildman–Crippen LogP) is 6.72. The molecule has 0 N–H and O–H groups in total. The van der Waals surface area contributed by atoms with Gasteiger partial charge in [0.2, 0.25) is 0 Å². The monoisotopic (exact) mass is 505 g/mol. The number of methoxy groups -OCH3 is 1. The Morgan fingerprint density at radius 3 is 2.31 bits per heavy atom. The molecule has 36 heavy (non-hydrogen) atoms. The number of amides is 1. The van der Waals surface area contributed by atoms with E-state index in [-0.39, 0.29) is 28.5 Å². The van der Waals surface area contributed by atoms with E-state index >= 15 is 0 Å². The van der Waals surface area contributed by atoms with Gasteiger partial charge in [0, 0.05) is 17.2 Å². The number of ether oxygens (including phenoxy) is 1. The molecule has 1 amide bonds. The highest BCUT2D eigenvalue weighted by Crippen LogP contribution is 2.55. The minimum atomic E-state index is -4.62. The smallest absolute Gasteiger partial charge is 0.416 e. The molecule has 0 radical (unpaired) electrons. The molecule has 0 saturated heterocycles. The summed E-state index contributed by atoms with van der Waals surface area (Å²) in [7, 11) is 1.18. The fourth-order valence-corrected chi connectivity index (χ4v) is 4.86. The number of carbonyl (C=O) groups is 1. The minimum absolute atomic E-state index is 0.0343. The maximum absolute atomic E-state index is 14.6. The summed E-state index contributed by atoms with van der Waals surface area (Å²) in [6.07, 6.45) is -1.38. The fraction of sp³-hybridized carbons (Fsp3) is 0.385. The van der Waals surface area contributed by atoms with Gasteiger partial charge in [-0.05, 0) is 63.8 Å². The second kappa shape index (κ2) is 8.04. The molecule has 1 atom stereocenters. The molecule has 10 heteroatoms. The third-order valence-electron chi connectivity index (χ3n) is 6.63. The Balaban J connectivity index is 1.73. The van der Waals surface area contributed by atoms with Crippen LogP contribution in [0.15, 0.2) is 36.5 Å². The van der Waals surface area contributed by atoms with Crippen molar-refractivity contribution in [2.75, 3.05) is 12.0 Å². The predicted molar refractivity (Wildman–Crippen MR) is 123 cm³/mol. The van der Waals surface area contributed by atoms with E-state index in [1.807, 2.05) is 20.8 Å². The van der Waals surface area contributed by atoms with Gasteiger partial charge in [-0.15, -0.1) is 0 Å². The number of aromatic nitrogens is 2. The number of alkyl halides is 3. The van der Waals surface area contributed by atoms with Crippen LogP contribution in [-0.4, -0.2) is 22.8 Å². The van der Waals surface area contributed by atoms with Crippen molar-refractivity contribution < 1.29 is 31.5 Å². The van der Waals surface area contributed by atoms with Crippen LogP contribution >= 0.6 is 0 Å². The zero-order valence-corrected chi connectivity index (χ0v) is 20.1. The molecule has 1 aromatic heterocycles. The summed E-state index contributed by atoms with van der Waals surface area (Å²) in [5, 5.41) is 4.53. The molecule has 1 unspecified atom stereocenters. The molecule has 2 aliphatic rings. The van der Waals surface area contributed by atoms with Crippen molar-refractivity contribution in [3.63, 3.8) is 0 Å². The van der Waals surface area contributed by atoms with E-state index in [0.29, 0.717) is 11.3 Å². The Kier molecular flexibility index (Phi) is 5.42. The molecular weight excluding hydrogens is 481 g/mol. The molecule has 2 heterocycles.